The fourth-order valence-corrected chi connectivity index (χ4v) is 1.72. The highest BCUT2D eigenvalue weighted by Gasteiger charge is 2.21. The van der Waals surface area contributed by atoms with Crippen molar-refractivity contribution < 1.29 is 19.1 Å². The summed E-state index contributed by atoms with van der Waals surface area (Å²) < 4.78 is 10.2. The van der Waals surface area contributed by atoms with Gasteiger partial charge in [-0.3, -0.25) is 9.59 Å². The largest absolute Gasteiger partial charge is 0.493 e. The number of amides is 1. The highest BCUT2D eigenvalue weighted by molar-refractivity contribution is 6.02. The summed E-state index contributed by atoms with van der Waals surface area (Å²) in [7, 11) is 1.52. The fourth-order valence-electron chi connectivity index (χ4n) is 1.72. The van der Waals surface area contributed by atoms with Crippen molar-refractivity contribution in [1.82, 2.24) is 4.90 Å². The van der Waals surface area contributed by atoms with Crippen molar-refractivity contribution in [1.29, 1.82) is 0 Å². The molecule has 0 aliphatic rings. The van der Waals surface area contributed by atoms with Gasteiger partial charge in [-0.15, -0.1) is 0 Å². The number of carbonyl (C=O) groups excluding carboxylic acids is 2. The maximum absolute atomic E-state index is 12.4. The average molecular weight is 280 g/mol. The molecule has 0 aliphatic carbocycles. The molecule has 0 spiro atoms. The van der Waals surface area contributed by atoms with Gasteiger partial charge in [-0.25, -0.2) is 0 Å². The van der Waals surface area contributed by atoms with Gasteiger partial charge in [0.05, 0.1) is 13.2 Å². The van der Waals surface area contributed by atoms with Crippen molar-refractivity contribution in [2.24, 2.45) is 0 Å². The third kappa shape index (κ3) is 3.88. The van der Waals surface area contributed by atoms with Gasteiger partial charge in [-0.2, -0.15) is 0 Å². The molecule has 0 saturated carbocycles. The Kier molecular flexibility index (Phi) is 5.83. The highest BCUT2D eigenvalue weighted by Crippen LogP contribution is 2.25. The molecule has 0 fully saturated rings. The lowest BCUT2D eigenvalue weighted by molar-refractivity contribution is -0.143. The normalized spacial score (nSPS) is 9.95. The summed E-state index contributed by atoms with van der Waals surface area (Å²) >= 11 is 0. The minimum atomic E-state index is -0.462. The van der Waals surface area contributed by atoms with E-state index in [1.807, 2.05) is 6.92 Å². The Morgan fingerprint density at radius 3 is 2.55 bits per heavy atom. The third-order valence-corrected chi connectivity index (χ3v) is 2.59. The Morgan fingerprint density at radius 2 is 1.95 bits per heavy atom. The van der Waals surface area contributed by atoms with Crippen LogP contribution in [0.5, 0.6) is 5.75 Å². The van der Waals surface area contributed by atoms with E-state index in [4.69, 9.17) is 15.2 Å². The number of benzene rings is 1. The molecule has 1 amide bonds. The van der Waals surface area contributed by atoms with Crippen molar-refractivity contribution in [3.8, 4) is 5.75 Å². The predicted molar refractivity (Wildman–Crippen MR) is 75.6 cm³/mol. The van der Waals surface area contributed by atoms with Crippen molar-refractivity contribution in [3.05, 3.63) is 23.8 Å². The van der Waals surface area contributed by atoms with Crippen LogP contribution >= 0.6 is 0 Å². The molecule has 0 unspecified atom stereocenters. The van der Waals surface area contributed by atoms with Crippen LogP contribution in [0.25, 0.3) is 0 Å². The molecule has 1 aromatic rings. The lowest BCUT2D eigenvalue weighted by atomic mass is 10.1. The van der Waals surface area contributed by atoms with E-state index in [0.717, 1.165) is 0 Å². The van der Waals surface area contributed by atoms with Crippen molar-refractivity contribution in [3.63, 3.8) is 0 Å². The molecule has 6 nitrogen and oxygen atoms in total. The number of ether oxygens (including phenoxy) is 2. The lowest BCUT2D eigenvalue weighted by Crippen LogP contribution is -2.33. The van der Waals surface area contributed by atoms with Gasteiger partial charge >= 0.3 is 5.97 Å². The highest BCUT2D eigenvalue weighted by atomic mass is 16.5. The molecule has 0 saturated heterocycles. The number of hydrogen-bond donors (Lipinski definition) is 1. The van der Waals surface area contributed by atoms with E-state index < -0.39 is 5.97 Å². The number of likely N-dealkylation sites (N-methyl/N-ethyl adjacent to an activating group) is 1. The number of anilines is 1. The minimum absolute atomic E-state index is 0.132. The van der Waals surface area contributed by atoms with Gasteiger partial charge in [0, 0.05) is 12.7 Å². The number of carbonyl (C=O) groups is 2. The van der Waals surface area contributed by atoms with E-state index in [0.29, 0.717) is 18.0 Å². The van der Waals surface area contributed by atoms with E-state index in [1.165, 1.54) is 11.9 Å². The third-order valence-electron chi connectivity index (χ3n) is 2.59. The summed E-state index contributed by atoms with van der Waals surface area (Å²) in [4.78, 5) is 25.0. The summed E-state index contributed by atoms with van der Waals surface area (Å²) in [6.45, 7) is 4.10. The quantitative estimate of drug-likeness (QED) is 0.627. The van der Waals surface area contributed by atoms with Crippen molar-refractivity contribution >= 4 is 17.6 Å². The maximum Gasteiger partial charge on any atom is 0.325 e. The summed E-state index contributed by atoms with van der Waals surface area (Å²) in [5.41, 5.74) is 6.42. The number of nitrogens with zero attached hydrogens (tertiary/aromatic N) is 1. The molecular formula is C14H20N2O4. The predicted octanol–water partition coefficient (Wildman–Crippen LogP) is 1.30. The van der Waals surface area contributed by atoms with Crippen LogP contribution in [0.2, 0.25) is 0 Å². The molecule has 0 heterocycles. The van der Waals surface area contributed by atoms with Gasteiger partial charge in [0.15, 0.2) is 0 Å². The summed E-state index contributed by atoms with van der Waals surface area (Å²) in [5.74, 6) is -0.427. The molecule has 2 N–H and O–H groups in total. The number of rotatable bonds is 6. The average Bonchev–Trinajstić information content (AvgIpc) is 2.38. The Labute approximate surface area is 118 Å². The topological polar surface area (TPSA) is 81.9 Å². The second kappa shape index (κ2) is 7.37. The van der Waals surface area contributed by atoms with Crippen molar-refractivity contribution in [2.45, 2.75) is 13.8 Å². The van der Waals surface area contributed by atoms with Crippen LogP contribution in [0.3, 0.4) is 0 Å². The van der Waals surface area contributed by atoms with Crippen LogP contribution in [0, 0.1) is 0 Å². The Morgan fingerprint density at radius 1 is 1.25 bits per heavy atom. The van der Waals surface area contributed by atoms with Gasteiger partial charge < -0.3 is 20.1 Å². The fraction of sp³-hybridized carbons (Fsp3) is 0.429. The van der Waals surface area contributed by atoms with Crippen LogP contribution in [-0.4, -0.2) is 43.6 Å². The van der Waals surface area contributed by atoms with Crippen LogP contribution in [0.4, 0.5) is 5.69 Å². The number of esters is 1. The van der Waals surface area contributed by atoms with Gasteiger partial charge in [0.25, 0.3) is 5.91 Å². The molecule has 0 aliphatic heterocycles. The van der Waals surface area contributed by atoms with E-state index in [2.05, 4.69) is 0 Å². The molecule has 110 valence electrons. The number of hydrogen-bond acceptors (Lipinski definition) is 5. The van der Waals surface area contributed by atoms with Crippen molar-refractivity contribution in [2.75, 3.05) is 32.5 Å². The van der Waals surface area contributed by atoms with Crippen LogP contribution in [0.15, 0.2) is 18.2 Å². The summed E-state index contributed by atoms with van der Waals surface area (Å²) in [6.07, 6.45) is 0. The first-order chi connectivity index (χ1) is 9.51. The zero-order chi connectivity index (χ0) is 15.1. The smallest absolute Gasteiger partial charge is 0.325 e. The first kappa shape index (κ1) is 15.8. The monoisotopic (exact) mass is 280 g/mol. The van der Waals surface area contributed by atoms with E-state index in [1.54, 1.807) is 25.1 Å². The van der Waals surface area contributed by atoms with Crippen LogP contribution in [0.1, 0.15) is 24.2 Å². The maximum atomic E-state index is 12.4. The Bertz CT molecular complexity index is 488. The molecule has 20 heavy (non-hydrogen) atoms. The molecule has 1 aromatic carbocycles. The van der Waals surface area contributed by atoms with Gasteiger partial charge in [0.2, 0.25) is 0 Å². The number of nitrogens with two attached hydrogens (primary N) is 1. The molecular weight excluding hydrogens is 260 g/mol. The molecule has 0 atom stereocenters. The molecule has 6 heteroatoms. The first-order valence-electron chi connectivity index (χ1n) is 6.43. The standard InChI is InChI=1S/C14H20N2O4/c1-4-19-11-8-6-7-10(15)13(11)14(18)16(3)9-12(17)20-5-2/h6-8H,4-5,9,15H2,1-3H3. The van der Waals surface area contributed by atoms with E-state index in [9.17, 15) is 9.59 Å². The first-order valence-corrected chi connectivity index (χ1v) is 6.43. The molecule has 0 radical (unpaired) electrons. The Balaban J connectivity index is 2.93. The van der Waals surface area contributed by atoms with Gasteiger partial charge in [0.1, 0.15) is 17.9 Å². The summed E-state index contributed by atoms with van der Waals surface area (Å²) in [5, 5.41) is 0. The van der Waals surface area contributed by atoms with E-state index >= 15 is 0 Å². The van der Waals surface area contributed by atoms with Gasteiger partial charge in [-0.05, 0) is 26.0 Å². The molecule has 0 bridgehead atoms. The Hall–Kier alpha value is -2.24. The summed E-state index contributed by atoms with van der Waals surface area (Å²) in [6, 6.07) is 5.00. The zero-order valence-electron chi connectivity index (χ0n) is 12.0. The second-order valence-corrected chi connectivity index (χ2v) is 4.12. The lowest BCUT2D eigenvalue weighted by Gasteiger charge is -2.19. The minimum Gasteiger partial charge on any atom is -0.493 e. The van der Waals surface area contributed by atoms with Crippen LogP contribution < -0.4 is 10.5 Å². The SMILES string of the molecule is CCOC(=O)CN(C)C(=O)c1c(N)cccc1OCC. The van der Waals surface area contributed by atoms with Gasteiger partial charge in [-0.1, -0.05) is 6.07 Å². The van der Waals surface area contributed by atoms with Crippen LogP contribution in [-0.2, 0) is 9.53 Å². The molecule has 1 rings (SSSR count). The zero-order valence-corrected chi connectivity index (χ0v) is 12.0. The van der Waals surface area contributed by atoms with E-state index in [-0.39, 0.29) is 24.6 Å². The number of nitrogen functional groups attached to an aromatic ring is 1. The molecule has 0 aromatic heterocycles. The second-order valence-electron chi connectivity index (χ2n) is 4.12.